The van der Waals surface area contributed by atoms with Crippen LogP contribution in [0, 0.1) is 11.3 Å². The Labute approximate surface area is 179 Å². The van der Waals surface area contributed by atoms with Crippen molar-refractivity contribution < 1.29 is 22.4 Å². The lowest BCUT2D eigenvalue weighted by Crippen LogP contribution is -2.13. The summed E-state index contributed by atoms with van der Waals surface area (Å²) in [4.78, 5) is 12.4. The predicted octanol–water partition coefficient (Wildman–Crippen LogP) is 6.82. The first-order valence-corrected chi connectivity index (χ1v) is 9.08. The topological polar surface area (TPSA) is 66.0 Å². The molecule has 0 bridgehead atoms. The van der Waals surface area contributed by atoms with Gasteiger partial charge in [-0.05, 0) is 42.5 Å². The molecule has 30 heavy (non-hydrogen) atoms. The number of carbonyl (C=O) groups is 1. The van der Waals surface area contributed by atoms with E-state index in [4.69, 9.17) is 27.6 Å². The second-order valence-corrected chi connectivity index (χ2v) is 6.87. The van der Waals surface area contributed by atoms with Gasteiger partial charge in [0, 0.05) is 16.7 Å². The van der Waals surface area contributed by atoms with Crippen LogP contribution in [0.5, 0.6) is 0 Å². The molecule has 1 amide bonds. The number of alkyl halides is 3. The fourth-order valence-corrected chi connectivity index (χ4v) is 2.96. The first kappa shape index (κ1) is 21.5. The lowest BCUT2D eigenvalue weighted by Gasteiger charge is -2.07. The summed E-state index contributed by atoms with van der Waals surface area (Å²) in [6.07, 6.45) is -3.31. The Bertz CT molecular complexity index is 1180. The maximum atomic E-state index is 12.9. The Balaban J connectivity index is 1.83. The molecule has 0 saturated carbocycles. The third kappa shape index (κ3) is 5.03. The van der Waals surface area contributed by atoms with Crippen molar-refractivity contribution in [2.75, 3.05) is 5.32 Å². The molecule has 2 aromatic carbocycles. The quantitative estimate of drug-likeness (QED) is 0.350. The van der Waals surface area contributed by atoms with Gasteiger partial charge < -0.3 is 9.73 Å². The zero-order valence-corrected chi connectivity index (χ0v) is 16.4. The van der Waals surface area contributed by atoms with Gasteiger partial charge in [-0.3, -0.25) is 4.79 Å². The maximum Gasteiger partial charge on any atom is 0.416 e. The number of anilines is 1. The summed E-state index contributed by atoms with van der Waals surface area (Å²) >= 11 is 11.8. The van der Waals surface area contributed by atoms with Gasteiger partial charge in [-0.2, -0.15) is 18.4 Å². The number of halogens is 5. The molecule has 1 heterocycles. The molecule has 0 aliphatic carbocycles. The minimum Gasteiger partial charge on any atom is -0.457 e. The highest BCUT2D eigenvalue weighted by Crippen LogP contribution is 2.33. The van der Waals surface area contributed by atoms with Crippen LogP contribution in [0.15, 0.2) is 64.6 Å². The molecule has 4 nitrogen and oxygen atoms in total. The highest BCUT2D eigenvalue weighted by Gasteiger charge is 2.30. The van der Waals surface area contributed by atoms with E-state index < -0.39 is 17.6 Å². The molecule has 9 heteroatoms. The van der Waals surface area contributed by atoms with Gasteiger partial charge in [0.25, 0.3) is 5.91 Å². The van der Waals surface area contributed by atoms with Crippen LogP contribution in [0.2, 0.25) is 10.0 Å². The van der Waals surface area contributed by atoms with Crippen molar-refractivity contribution in [3.05, 3.63) is 81.5 Å². The van der Waals surface area contributed by atoms with Crippen molar-refractivity contribution in [3.63, 3.8) is 0 Å². The van der Waals surface area contributed by atoms with Gasteiger partial charge in [0.2, 0.25) is 0 Å². The first-order valence-electron chi connectivity index (χ1n) is 8.33. The van der Waals surface area contributed by atoms with E-state index in [1.807, 2.05) is 0 Å². The van der Waals surface area contributed by atoms with Crippen LogP contribution in [0.3, 0.4) is 0 Å². The molecule has 0 fully saturated rings. The van der Waals surface area contributed by atoms with E-state index in [1.54, 1.807) is 6.07 Å². The monoisotopic (exact) mass is 450 g/mol. The summed E-state index contributed by atoms with van der Waals surface area (Å²) in [6, 6.07) is 13.7. The number of furan rings is 1. The van der Waals surface area contributed by atoms with Gasteiger partial charge in [0.1, 0.15) is 23.2 Å². The summed E-state index contributed by atoms with van der Waals surface area (Å²) < 4.78 is 44.2. The second-order valence-electron chi connectivity index (χ2n) is 6.03. The van der Waals surface area contributed by atoms with Gasteiger partial charge >= 0.3 is 6.18 Å². The maximum absolute atomic E-state index is 12.9. The molecule has 0 unspecified atom stereocenters. The van der Waals surface area contributed by atoms with E-state index in [2.05, 4.69) is 5.32 Å². The Hall–Kier alpha value is -3.21. The lowest BCUT2D eigenvalue weighted by atomic mass is 10.1. The van der Waals surface area contributed by atoms with Crippen LogP contribution in [0.4, 0.5) is 18.9 Å². The molecule has 1 aromatic heterocycles. The molecule has 0 saturated heterocycles. The van der Waals surface area contributed by atoms with E-state index in [0.29, 0.717) is 5.02 Å². The van der Waals surface area contributed by atoms with Crippen molar-refractivity contribution in [3.8, 4) is 17.4 Å². The average molecular weight is 451 g/mol. The molecule has 3 rings (SSSR count). The summed E-state index contributed by atoms with van der Waals surface area (Å²) in [7, 11) is 0. The third-order valence-corrected chi connectivity index (χ3v) is 4.48. The normalized spacial score (nSPS) is 11.8. The standard InChI is InChI=1S/C21H11Cl2F3N2O2/c22-15-4-6-18(17(23)10-15)28-20(29)13(11-27)9-16-5-7-19(30-16)12-2-1-3-14(8-12)21(24,25)26/h1-10H,(H,28,29). The highest BCUT2D eigenvalue weighted by atomic mass is 35.5. The number of hydrogen-bond donors (Lipinski definition) is 1. The number of amides is 1. The van der Waals surface area contributed by atoms with Crippen molar-refractivity contribution in [1.82, 2.24) is 0 Å². The molecule has 0 spiro atoms. The fraction of sp³-hybridized carbons (Fsp3) is 0.0476. The lowest BCUT2D eigenvalue weighted by molar-refractivity contribution is -0.137. The van der Waals surface area contributed by atoms with Gasteiger partial charge in [-0.25, -0.2) is 0 Å². The number of nitrogens with zero attached hydrogens (tertiary/aromatic N) is 1. The van der Waals surface area contributed by atoms with Gasteiger partial charge in [0.05, 0.1) is 16.3 Å². The molecule has 3 aromatic rings. The number of nitrogens with one attached hydrogen (secondary N) is 1. The molecule has 152 valence electrons. The largest absolute Gasteiger partial charge is 0.457 e. The zero-order chi connectivity index (χ0) is 21.9. The van der Waals surface area contributed by atoms with Crippen LogP contribution in [0.1, 0.15) is 11.3 Å². The highest BCUT2D eigenvalue weighted by molar-refractivity contribution is 6.36. The molecule has 0 aliphatic rings. The SMILES string of the molecule is N#CC(=Cc1ccc(-c2cccc(C(F)(F)F)c2)o1)C(=O)Nc1ccc(Cl)cc1Cl. The van der Waals surface area contributed by atoms with E-state index in [-0.39, 0.29) is 33.4 Å². The molecule has 0 aliphatic heterocycles. The summed E-state index contributed by atoms with van der Waals surface area (Å²) in [6.45, 7) is 0. The minimum atomic E-state index is -4.49. The van der Waals surface area contributed by atoms with E-state index in [1.165, 1.54) is 48.5 Å². The van der Waals surface area contributed by atoms with Gasteiger partial charge in [0.15, 0.2) is 0 Å². The van der Waals surface area contributed by atoms with Gasteiger partial charge in [-0.15, -0.1) is 0 Å². The van der Waals surface area contributed by atoms with Crippen LogP contribution in [-0.4, -0.2) is 5.91 Å². The Morgan fingerprint density at radius 3 is 2.53 bits per heavy atom. The summed E-state index contributed by atoms with van der Waals surface area (Å²) in [5.74, 6) is -0.458. The van der Waals surface area contributed by atoms with Crippen molar-refractivity contribution in [1.29, 1.82) is 5.26 Å². The van der Waals surface area contributed by atoms with Crippen molar-refractivity contribution in [2.24, 2.45) is 0 Å². The molecule has 0 atom stereocenters. The van der Waals surface area contributed by atoms with E-state index >= 15 is 0 Å². The van der Waals surface area contributed by atoms with E-state index in [0.717, 1.165) is 12.1 Å². The number of carbonyl (C=O) groups excluding carboxylic acids is 1. The molecular weight excluding hydrogens is 440 g/mol. The van der Waals surface area contributed by atoms with Crippen LogP contribution in [-0.2, 0) is 11.0 Å². The van der Waals surface area contributed by atoms with Gasteiger partial charge in [-0.1, -0.05) is 35.3 Å². The zero-order valence-electron chi connectivity index (χ0n) is 14.9. The summed E-state index contributed by atoms with van der Waals surface area (Å²) in [5, 5.41) is 12.4. The number of benzene rings is 2. The molecule has 1 N–H and O–H groups in total. The molecule has 0 radical (unpaired) electrons. The second kappa shape index (κ2) is 8.66. The minimum absolute atomic E-state index is 0.122. The van der Waals surface area contributed by atoms with Crippen molar-refractivity contribution in [2.45, 2.75) is 6.18 Å². The van der Waals surface area contributed by atoms with Crippen molar-refractivity contribution >= 4 is 40.9 Å². The predicted molar refractivity (Wildman–Crippen MR) is 108 cm³/mol. The molecular formula is C21H11Cl2F3N2O2. The first-order chi connectivity index (χ1) is 14.2. The Morgan fingerprint density at radius 1 is 1.10 bits per heavy atom. The average Bonchev–Trinajstić information content (AvgIpc) is 3.16. The van der Waals surface area contributed by atoms with Crippen LogP contribution < -0.4 is 5.32 Å². The van der Waals surface area contributed by atoms with Crippen LogP contribution in [0.25, 0.3) is 17.4 Å². The van der Waals surface area contributed by atoms with E-state index in [9.17, 15) is 23.2 Å². The Kier molecular flexibility index (Phi) is 6.20. The number of hydrogen-bond acceptors (Lipinski definition) is 3. The smallest absolute Gasteiger partial charge is 0.416 e. The third-order valence-electron chi connectivity index (χ3n) is 3.93. The Morgan fingerprint density at radius 2 is 1.87 bits per heavy atom. The number of rotatable bonds is 4. The fourth-order valence-electron chi connectivity index (χ4n) is 2.51. The van der Waals surface area contributed by atoms with Crippen LogP contribution >= 0.6 is 23.2 Å². The number of nitriles is 1. The summed E-state index contributed by atoms with van der Waals surface area (Å²) in [5.41, 5.74) is -0.631.